The maximum absolute atomic E-state index is 9.48. The summed E-state index contributed by atoms with van der Waals surface area (Å²) >= 11 is 1.59. The van der Waals surface area contributed by atoms with Gasteiger partial charge in [-0.3, -0.25) is 0 Å². The zero-order valence-electron chi connectivity index (χ0n) is 10.1. The molecule has 3 nitrogen and oxygen atoms in total. The molecule has 2 rings (SSSR count). The Morgan fingerprint density at radius 1 is 1.06 bits per heavy atom. The van der Waals surface area contributed by atoms with Crippen LogP contribution >= 0.6 is 11.8 Å². The molecule has 4 heteroatoms. The van der Waals surface area contributed by atoms with Crippen molar-refractivity contribution in [3.05, 3.63) is 48.0 Å². The molecular weight excluding hydrogens is 246 g/mol. The summed E-state index contributed by atoms with van der Waals surface area (Å²) in [5.74, 6) is -0.172. The Morgan fingerprint density at radius 2 is 1.83 bits per heavy atom. The minimum atomic E-state index is -0.0884. The fraction of sp³-hybridized carbons (Fsp3) is 0.143. The molecule has 0 aromatic heterocycles. The number of phenols is 2. The summed E-state index contributed by atoms with van der Waals surface area (Å²) in [6.45, 7) is 0.924. The van der Waals surface area contributed by atoms with Gasteiger partial charge in [-0.15, -0.1) is 0 Å². The number of rotatable bonds is 4. The number of hydrogen-bond acceptors (Lipinski definition) is 3. The average molecular weight is 262 g/mol. The van der Waals surface area contributed by atoms with Gasteiger partial charge in [0.25, 0.3) is 0 Å². The van der Waals surface area contributed by atoms with E-state index in [9.17, 15) is 10.2 Å². The van der Waals surface area contributed by atoms with E-state index in [2.05, 4.69) is 17.4 Å². The van der Waals surface area contributed by atoms with Crippen LogP contribution in [-0.2, 0) is 6.54 Å². The summed E-state index contributed by atoms with van der Waals surface area (Å²) in [4.78, 5) is 2.08. The van der Waals surface area contributed by atoms with Crippen molar-refractivity contribution in [2.75, 3.05) is 7.05 Å². The molecule has 2 aromatic carbocycles. The van der Waals surface area contributed by atoms with Crippen LogP contribution in [0.25, 0.3) is 0 Å². The van der Waals surface area contributed by atoms with Gasteiger partial charge in [0.1, 0.15) is 6.54 Å². The molecule has 94 valence electrons. The van der Waals surface area contributed by atoms with E-state index in [0.29, 0.717) is 0 Å². The van der Waals surface area contributed by atoms with Crippen LogP contribution in [0, 0.1) is 0 Å². The normalized spacial score (nSPS) is 10.5. The molecule has 0 spiro atoms. The molecule has 0 fully saturated rings. The Kier molecular flexibility index (Phi) is 4.12. The van der Waals surface area contributed by atoms with E-state index in [-0.39, 0.29) is 11.5 Å². The first-order valence-corrected chi connectivity index (χ1v) is 6.58. The average Bonchev–Trinajstić information content (AvgIpc) is 2.37. The molecular formula is C14H16NO2S+. The summed E-state index contributed by atoms with van der Waals surface area (Å²) in [6, 6.07) is 13.1. The van der Waals surface area contributed by atoms with Crippen molar-refractivity contribution >= 4 is 11.8 Å². The van der Waals surface area contributed by atoms with Crippen LogP contribution in [0.3, 0.4) is 0 Å². The van der Waals surface area contributed by atoms with E-state index in [1.165, 1.54) is 16.5 Å². The summed E-state index contributed by atoms with van der Waals surface area (Å²) in [5.41, 5.74) is 1.26. The number of nitrogens with two attached hydrogens (primary N) is 1. The second kappa shape index (κ2) is 5.80. The molecule has 0 aliphatic heterocycles. The lowest BCUT2D eigenvalue weighted by Gasteiger charge is -2.07. The third kappa shape index (κ3) is 2.97. The lowest BCUT2D eigenvalue weighted by molar-refractivity contribution is -0.643. The van der Waals surface area contributed by atoms with Gasteiger partial charge < -0.3 is 15.5 Å². The Bertz CT molecular complexity index is 543. The number of aromatic hydroxyl groups is 2. The summed E-state index contributed by atoms with van der Waals surface area (Å²) in [7, 11) is 2.04. The van der Waals surface area contributed by atoms with Crippen LogP contribution in [0.4, 0.5) is 0 Å². The number of phenolic OH excluding ortho intramolecular Hbond substituents is 2. The Hall–Kier alpha value is -1.65. The second-order valence-electron chi connectivity index (χ2n) is 3.97. The number of hydrogen-bond donors (Lipinski definition) is 3. The van der Waals surface area contributed by atoms with E-state index in [0.717, 1.165) is 11.4 Å². The van der Waals surface area contributed by atoms with E-state index < -0.39 is 0 Å². The predicted molar refractivity (Wildman–Crippen MR) is 71.9 cm³/mol. The lowest BCUT2D eigenvalue weighted by Crippen LogP contribution is -2.77. The molecule has 0 aliphatic carbocycles. The van der Waals surface area contributed by atoms with Crippen molar-refractivity contribution in [2.45, 2.75) is 16.3 Å². The largest absolute Gasteiger partial charge is 0.504 e. The number of quaternary nitrogens is 1. The highest BCUT2D eigenvalue weighted by Gasteiger charge is 2.06. The smallest absolute Gasteiger partial charge is 0.158 e. The molecule has 0 saturated carbocycles. The molecule has 0 aliphatic rings. The first-order chi connectivity index (χ1) is 8.70. The van der Waals surface area contributed by atoms with Gasteiger partial charge in [-0.1, -0.05) is 30.0 Å². The summed E-state index contributed by atoms with van der Waals surface area (Å²) in [5, 5.41) is 20.9. The Balaban J connectivity index is 2.25. The topological polar surface area (TPSA) is 57.1 Å². The minimum Gasteiger partial charge on any atom is -0.504 e. The van der Waals surface area contributed by atoms with Crippen molar-refractivity contribution in [3.63, 3.8) is 0 Å². The van der Waals surface area contributed by atoms with Gasteiger partial charge in [-0.05, 0) is 24.3 Å². The highest BCUT2D eigenvalue weighted by atomic mass is 32.2. The van der Waals surface area contributed by atoms with Crippen LogP contribution in [-0.4, -0.2) is 17.3 Å². The third-order valence-electron chi connectivity index (χ3n) is 2.57. The van der Waals surface area contributed by atoms with Crippen molar-refractivity contribution in [1.82, 2.24) is 0 Å². The van der Waals surface area contributed by atoms with Gasteiger partial charge in [0.2, 0.25) is 0 Å². The van der Waals surface area contributed by atoms with Crippen LogP contribution in [0.2, 0.25) is 0 Å². The molecule has 0 radical (unpaired) electrons. The van der Waals surface area contributed by atoms with Gasteiger partial charge in [0, 0.05) is 15.4 Å². The van der Waals surface area contributed by atoms with Gasteiger partial charge in [-0.25, -0.2) is 0 Å². The zero-order chi connectivity index (χ0) is 13.0. The fourth-order valence-electron chi connectivity index (χ4n) is 1.69. The first kappa shape index (κ1) is 12.8. The number of benzene rings is 2. The maximum Gasteiger partial charge on any atom is 0.158 e. The van der Waals surface area contributed by atoms with E-state index in [4.69, 9.17) is 0 Å². The first-order valence-electron chi connectivity index (χ1n) is 5.76. The maximum atomic E-state index is 9.48. The molecule has 0 saturated heterocycles. The SMILES string of the molecule is C[NH2+]Cc1ccccc1Sc1ccc(O)c(O)c1. The minimum absolute atomic E-state index is 0.0838. The highest BCUT2D eigenvalue weighted by Crippen LogP contribution is 2.35. The summed E-state index contributed by atoms with van der Waals surface area (Å²) in [6.07, 6.45) is 0. The Morgan fingerprint density at radius 3 is 2.56 bits per heavy atom. The van der Waals surface area contributed by atoms with Gasteiger partial charge in [-0.2, -0.15) is 0 Å². The summed E-state index contributed by atoms with van der Waals surface area (Å²) < 4.78 is 0. The molecule has 0 bridgehead atoms. The van der Waals surface area contributed by atoms with Crippen molar-refractivity contribution in [2.24, 2.45) is 0 Å². The quantitative estimate of drug-likeness (QED) is 0.738. The van der Waals surface area contributed by atoms with Crippen molar-refractivity contribution in [3.8, 4) is 11.5 Å². The lowest BCUT2D eigenvalue weighted by atomic mass is 10.2. The van der Waals surface area contributed by atoms with E-state index in [1.807, 2.05) is 19.2 Å². The monoisotopic (exact) mass is 262 g/mol. The van der Waals surface area contributed by atoms with Crippen LogP contribution in [0.15, 0.2) is 52.3 Å². The van der Waals surface area contributed by atoms with Crippen molar-refractivity contribution < 1.29 is 15.5 Å². The van der Waals surface area contributed by atoms with Crippen LogP contribution < -0.4 is 5.32 Å². The van der Waals surface area contributed by atoms with Gasteiger partial charge >= 0.3 is 0 Å². The zero-order valence-corrected chi connectivity index (χ0v) is 10.9. The highest BCUT2D eigenvalue weighted by molar-refractivity contribution is 7.99. The molecule has 0 heterocycles. The fourth-order valence-corrected chi connectivity index (χ4v) is 2.68. The van der Waals surface area contributed by atoms with Crippen LogP contribution in [0.1, 0.15) is 5.56 Å². The predicted octanol–water partition coefficient (Wildman–Crippen LogP) is 1.94. The third-order valence-corrected chi connectivity index (χ3v) is 3.68. The standard InChI is InChI=1S/C14H15NO2S/c1-15-9-10-4-2-3-5-14(10)18-11-6-7-12(16)13(17)8-11/h2-8,15-17H,9H2,1H3/p+1. The molecule has 2 aromatic rings. The Labute approximate surface area is 110 Å². The van der Waals surface area contributed by atoms with Crippen molar-refractivity contribution in [1.29, 1.82) is 0 Å². The van der Waals surface area contributed by atoms with E-state index >= 15 is 0 Å². The van der Waals surface area contributed by atoms with Gasteiger partial charge in [0.05, 0.1) is 7.05 Å². The molecule has 18 heavy (non-hydrogen) atoms. The molecule has 0 amide bonds. The molecule has 0 unspecified atom stereocenters. The van der Waals surface area contributed by atoms with Gasteiger partial charge in [0.15, 0.2) is 11.5 Å². The molecule has 0 atom stereocenters. The second-order valence-corrected chi connectivity index (χ2v) is 5.09. The molecule has 4 N–H and O–H groups in total. The van der Waals surface area contributed by atoms with E-state index in [1.54, 1.807) is 23.9 Å². The van der Waals surface area contributed by atoms with Crippen LogP contribution in [0.5, 0.6) is 11.5 Å².